The summed E-state index contributed by atoms with van der Waals surface area (Å²) in [6, 6.07) is 8.92. The van der Waals surface area contributed by atoms with Crippen molar-refractivity contribution in [1.29, 1.82) is 0 Å². The summed E-state index contributed by atoms with van der Waals surface area (Å²) in [4.78, 5) is 14.9. The summed E-state index contributed by atoms with van der Waals surface area (Å²) in [5, 5.41) is 2.94. The van der Waals surface area contributed by atoms with Crippen molar-refractivity contribution in [3.05, 3.63) is 40.8 Å². The number of benzene rings is 1. The highest BCUT2D eigenvalue weighted by Crippen LogP contribution is 2.32. The Kier molecular flexibility index (Phi) is 5.55. The van der Waals surface area contributed by atoms with Crippen LogP contribution in [0.1, 0.15) is 28.1 Å². The minimum atomic E-state index is -3.68. The van der Waals surface area contributed by atoms with Crippen LogP contribution in [0.3, 0.4) is 0 Å². The van der Waals surface area contributed by atoms with Gasteiger partial charge in [-0.1, -0.05) is 0 Å². The Morgan fingerprint density at radius 1 is 1.21 bits per heavy atom. The van der Waals surface area contributed by atoms with Crippen molar-refractivity contribution in [2.24, 2.45) is 5.92 Å². The monoisotopic (exact) mass is 420 g/mol. The van der Waals surface area contributed by atoms with Gasteiger partial charge in [0.15, 0.2) is 0 Å². The van der Waals surface area contributed by atoms with E-state index in [9.17, 15) is 13.2 Å². The van der Waals surface area contributed by atoms with Gasteiger partial charge in [-0.05, 0) is 61.6 Å². The number of nitrogens with zero attached hydrogens (tertiary/aromatic N) is 1. The largest absolute Gasteiger partial charge is 0.379 e. The van der Waals surface area contributed by atoms with E-state index in [1.165, 1.54) is 10.4 Å². The van der Waals surface area contributed by atoms with Crippen molar-refractivity contribution < 1.29 is 17.9 Å². The summed E-state index contributed by atoms with van der Waals surface area (Å²) < 4.78 is 33.0. The van der Waals surface area contributed by atoms with Crippen molar-refractivity contribution in [3.63, 3.8) is 0 Å². The molecule has 1 amide bonds. The number of rotatable bonds is 6. The molecule has 28 heavy (non-hydrogen) atoms. The first-order valence-corrected chi connectivity index (χ1v) is 11.8. The number of carbonyl (C=O) groups excluding carboxylic acids is 1. The molecule has 1 saturated carbocycles. The molecule has 2 aromatic rings. The van der Waals surface area contributed by atoms with E-state index in [4.69, 9.17) is 4.74 Å². The fourth-order valence-electron chi connectivity index (χ4n) is 3.21. The van der Waals surface area contributed by atoms with Crippen molar-refractivity contribution in [2.75, 3.05) is 32.8 Å². The van der Waals surface area contributed by atoms with Gasteiger partial charge in [0, 0.05) is 35.0 Å². The fourth-order valence-corrected chi connectivity index (χ4v) is 5.54. The van der Waals surface area contributed by atoms with E-state index in [1.54, 1.807) is 23.5 Å². The zero-order valence-corrected chi connectivity index (χ0v) is 17.4. The first-order valence-electron chi connectivity index (χ1n) is 9.51. The van der Waals surface area contributed by atoms with E-state index in [1.807, 2.05) is 19.1 Å². The average molecular weight is 421 g/mol. The van der Waals surface area contributed by atoms with Gasteiger partial charge < -0.3 is 10.1 Å². The second-order valence-electron chi connectivity index (χ2n) is 7.33. The molecule has 0 unspecified atom stereocenters. The average Bonchev–Trinajstić information content (AvgIpc) is 3.44. The SMILES string of the molecule is Cc1ccc(-c2cc(C(=O)NCC3CC3)cc(S(=O)(=O)N3CCOCC3)c2)s1. The van der Waals surface area contributed by atoms with Gasteiger partial charge in [-0.3, -0.25) is 4.79 Å². The molecule has 8 heteroatoms. The summed E-state index contributed by atoms with van der Waals surface area (Å²) >= 11 is 1.58. The number of carbonyl (C=O) groups is 1. The summed E-state index contributed by atoms with van der Waals surface area (Å²) in [5.74, 6) is 0.337. The lowest BCUT2D eigenvalue weighted by atomic mass is 10.1. The first-order chi connectivity index (χ1) is 13.4. The third-order valence-corrected chi connectivity index (χ3v) is 7.98. The number of aryl methyl sites for hydroxylation is 1. The van der Waals surface area contributed by atoms with E-state index in [0.29, 0.717) is 44.3 Å². The quantitative estimate of drug-likeness (QED) is 0.780. The molecule has 1 N–H and O–H groups in total. The zero-order chi connectivity index (χ0) is 19.7. The highest BCUT2D eigenvalue weighted by atomic mass is 32.2. The Morgan fingerprint density at radius 2 is 1.96 bits per heavy atom. The summed E-state index contributed by atoms with van der Waals surface area (Å²) in [7, 11) is -3.68. The van der Waals surface area contributed by atoms with Crippen LogP contribution in [0.25, 0.3) is 10.4 Å². The second kappa shape index (κ2) is 7.94. The van der Waals surface area contributed by atoms with Crippen LogP contribution in [0, 0.1) is 12.8 Å². The lowest BCUT2D eigenvalue weighted by Crippen LogP contribution is -2.40. The molecule has 2 aliphatic rings. The van der Waals surface area contributed by atoms with Gasteiger partial charge in [-0.2, -0.15) is 4.31 Å². The van der Waals surface area contributed by atoms with Crippen molar-refractivity contribution in [1.82, 2.24) is 9.62 Å². The molecule has 0 spiro atoms. The Morgan fingerprint density at radius 3 is 2.61 bits per heavy atom. The lowest BCUT2D eigenvalue weighted by molar-refractivity contribution is 0.0730. The van der Waals surface area contributed by atoms with Gasteiger partial charge in [-0.25, -0.2) is 8.42 Å². The molecule has 0 atom stereocenters. The maximum absolute atomic E-state index is 13.2. The molecule has 1 aliphatic carbocycles. The minimum absolute atomic E-state index is 0.162. The number of hydrogen-bond acceptors (Lipinski definition) is 5. The van der Waals surface area contributed by atoms with E-state index >= 15 is 0 Å². The maximum atomic E-state index is 13.2. The fraction of sp³-hybridized carbons (Fsp3) is 0.450. The van der Waals surface area contributed by atoms with E-state index in [2.05, 4.69) is 5.32 Å². The zero-order valence-electron chi connectivity index (χ0n) is 15.8. The van der Waals surface area contributed by atoms with Gasteiger partial charge >= 0.3 is 0 Å². The molecule has 4 rings (SSSR count). The van der Waals surface area contributed by atoms with Gasteiger partial charge in [0.25, 0.3) is 5.91 Å². The van der Waals surface area contributed by atoms with E-state index in [-0.39, 0.29) is 10.8 Å². The molecule has 0 bridgehead atoms. The minimum Gasteiger partial charge on any atom is -0.379 e. The number of sulfonamides is 1. The van der Waals surface area contributed by atoms with Gasteiger partial charge in [0.05, 0.1) is 18.1 Å². The number of hydrogen-bond donors (Lipinski definition) is 1. The molecular weight excluding hydrogens is 396 g/mol. The molecule has 2 heterocycles. The third-order valence-electron chi connectivity index (χ3n) is 5.05. The summed E-state index contributed by atoms with van der Waals surface area (Å²) in [5.41, 5.74) is 1.14. The molecule has 2 fully saturated rings. The number of morpholine rings is 1. The smallest absolute Gasteiger partial charge is 0.251 e. The van der Waals surface area contributed by atoms with Crippen LogP contribution in [0.15, 0.2) is 35.2 Å². The van der Waals surface area contributed by atoms with Crippen LogP contribution in [-0.4, -0.2) is 51.5 Å². The molecule has 1 aromatic carbocycles. The van der Waals surface area contributed by atoms with Gasteiger partial charge in [0.1, 0.15) is 0 Å². The maximum Gasteiger partial charge on any atom is 0.251 e. The number of amides is 1. The topological polar surface area (TPSA) is 75.7 Å². The molecule has 0 radical (unpaired) electrons. The van der Waals surface area contributed by atoms with E-state index in [0.717, 1.165) is 28.2 Å². The Labute approximate surface area is 169 Å². The van der Waals surface area contributed by atoms with Gasteiger partial charge in [0.2, 0.25) is 10.0 Å². The normalized spacial score (nSPS) is 18.2. The van der Waals surface area contributed by atoms with Crippen molar-refractivity contribution >= 4 is 27.3 Å². The Hall–Kier alpha value is -1.74. The standard InChI is InChI=1S/C20H24N2O4S2/c1-14-2-5-19(27-14)16-10-17(20(23)21-13-15-3-4-15)12-18(11-16)28(24,25)22-6-8-26-9-7-22/h2,5,10-12,15H,3-4,6-9,13H2,1H3,(H,21,23). The molecule has 1 aliphatic heterocycles. The Balaban J connectivity index is 1.71. The van der Waals surface area contributed by atoms with Crippen molar-refractivity contribution in [3.8, 4) is 10.4 Å². The lowest BCUT2D eigenvalue weighted by Gasteiger charge is -2.26. The van der Waals surface area contributed by atoms with Crippen LogP contribution in [0.5, 0.6) is 0 Å². The number of thiophene rings is 1. The molecule has 150 valence electrons. The Bertz CT molecular complexity index is 974. The van der Waals surface area contributed by atoms with Crippen LogP contribution >= 0.6 is 11.3 Å². The summed E-state index contributed by atoms with van der Waals surface area (Å²) in [6.07, 6.45) is 2.29. The van der Waals surface area contributed by atoms with E-state index < -0.39 is 10.0 Å². The molecule has 1 aromatic heterocycles. The number of nitrogens with one attached hydrogen (secondary N) is 1. The molecule has 6 nitrogen and oxygen atoms in total. The predicted octanol–water partition coefficient (Wildman–Crippen LogP) is 2.88. The molecule has 1 saturated heterocycles. The summed E-state index contributed by atoms with van der Waals surface area (Å²) in [6.45, 7) is 4.08. The van der Waals surface area contributed by atoms with Crippen molar-refractivity contribution in [2.45, 2.75) is 24.7 Å². The van der Waals surface area contributed by atoms with Crippen LogP contribution in [0.2, 0.25) is 0 Å². The highest BCUT2D eigenvalue weighted by Gasteiger charge is 2.28. The van der Waals surface area contributed by atoms with Crippen LogP contribution in [-0.2, 0) is 14.8 Å². The first kappa shape index (κ1) is 19.6. The van der Waals surface area contributed by atoms with Gasteiger partial charge in [-0.15, -0.1) is 11.3 Å². The van der Waals surface area contributed by atoms with Crippen LogP contribution in [0.4, 0.5) is 0 Å². The number of ether oxygens (including phenoxy) is 1. The molecular formula is C20H24N2O4S2. The van der Waals surface area contributed by atoms with Crippen LogP contribution < -0.4 is 5.32 Å². The highest BCUT2D eigenvalue weighted by molar-refractivity contribution is 7.89. The second-order valence-corrected chi connectivity index (χ2v) is 10.6. The third kappa shape index (κ3) is 4.30. The predicted molar refractivity (Wildman–Crippen MR) is 109 cm³/mol.